The summed E-state index contributed by atoms with van der Waals surface area (Å²) in [7, 11) is 1.44. The first-order chi connectivity index (χ1) is 8.95. The summed E-state index contributed by atoms with van der Waals surface area (Å²) >= 11 is 0. The highest BCUT2D eigenvalue weighted by atomic mass is 16.5. The van der Waals surface area contributed by atoms with Gasteiger partial charge in [-0.15, -0.1) is 0 Å². The Labute approximate surface area is 106 Å². The summed E-state index contributed by atoms with van der Waals surface area (Å²) < 4.78 is 5.95. The number of fused-ring (bicyclic) bond motifs is 1. The van der Waals surface area contributed by atoms with Crippen molar-refractivity contribution in [3.8, 4) is 0 Å². The summed E-state index contributed by atoms with van der Waals surface area (Å²) in [5, 5.41) is 0.0966. The predicted octanol–water partition coefficient (Wildman–Crippen LogP) is -0.619. The maximum Gasteiger partial charge on any atom is 0.341 e. The summed E-state index contributed by atoms with van der Waals surface area (Å²) in [5.41, 5.74) is 4.52. The number of nitrogens with one attached hydrogen (secondary N) is 1. The second-order valence-electron chi connectivity index (χ2n) is 3.83. The number of hydrogen-bond acceptors (Lipinski definition) is 6. The molecule has 0 saturated heterocycles. The minimum Gasteiger partial charge on any atom is -0.462 e. The van der Waals surface area contributed by atoms with Crippen molar-refractivity contribution in [2.24, 2.45) is 7.05 Å². The van der Waals surface area contributed by atoms with Crippen LogP contribution in [0.2, 0.25) is 0 Å². The van der Waals surface area contributed by atoms with Gasteiger partial charge in [-0.1, -0.05) is 0 Å². The molecular formula is C11H12N4O4. The highest BCUT2D eigenvalue weighted by molar-refractivity contribution is 5.97. The van der Waals surface area contributed by atoms with Crippen molar-refractivity contribution in [1.29, 1.82) is 0 Å². The van der Waals surface area contributed by atoms with Crippen LogP contribution in [0.4, 0.5) is 5.82 Å². The van der Waals surface area contributed by atoms with E-state index < -0.39 is 17.2 Å². The molecule has 0 aromatic carbocycles. The largest absolute Gasteiger partial charge is 0.462 e. The van der Waals surface area contributed by atoms with Gasteiger partial charge in [-0.05, 0) is 13.0 Å². The number of esters is 1. The van der Waals surface area contributed by atoms with Gasteiger partial charge in [0.15, 0.2) is 5.65 Å². The molecule has 0 aliphatic heterocycles. The molecule has 0 saturated carbocycles. The minimum absolute atomic E-state index is 0.00139. The van der Waals surface area contributed by atoms with Gasteiger partial charge in [0.25, 0.3) is 5.56 Å². The molecule has 0 unspecified atom stereocenters. The summed E-state index contributed by atoms with van der Waals surface area (Å²) in [5.74, 6) is -0.755. The minimum atomic E-state index is -0.664. The van der Waals surface area contributed by atoms with Crippen LogP contribution in [0, 0.1) is 0 Å². The van der Waals surface area contributed by atoms with Gasteiger partial charge in [-0.3, -0.25) is 14.3 Å². The number of pyridine rings is 1. The molecular weight excluding hydrogens is 252 g/mol. The van der Waals surface area contributed by atoms with Gasteiger partial charge in [0.1, 0.15) is 11.4 Å². The van der Waals surface area contributed by atoms with Crippen LogP contribution in [0.15, 0.2) is 15.7 Å². The van der Waals surface area contributed by atoms with E-state index in [1.54, 1.807) is 6.92 Å². The fourth-order valence-corrected chi connectivity index (χ4v) is 1.66. The van der Waals surface area contributed by atoms with E-state index in [0.717, 1.165) is 4.57 Å². The van der Waals surface area contributed by atoms with Crippen molar-refractivity contribution in [2.75, 3.05) is 12.3 Å². The van der Waals surface area contributed by atoms with Crippen LogP contribution in [0.25, 0.3) is 11.0 Å². The number of nitrogen functional groups attached to an aromatic ring is 1. The molecule has 0 radical (unpaired) electrons. The van der Waals surface area contributed by atoms with E-state index in [9.17, 15) is 14.4 Å². The quantitative estimate of drug-likeness (QED) is 0.697. The third kappa shape index (κ3) is 2.07. The first kappa shape index (κ1) is 12.8. The molecule has 0 spiro atoms. The molecule has 0 amide bonds. The number of carbonyl (C=O) groups excluding carboxylic acids is 1. The Morgan fingerprint density at radius 2 is 2.21 bits per heavy atom. The van der Waals surface area contributed by atoms with Crippen LogP contribution >= 0.6 is 0 Å². The molecule has 2 rings (SSSR count). The monoisotopic (exact) mass is 264 g/mol. The number of hydrogen-bond donors (Lipinski definition) is 2. The zero-order chi connectivity index (χ0) is 14.2. The summed E-state index contributed by atoms with van der Waals surface area (Å²) in [6, 6.07) is 1.27. The number of anilines is 1. The molecule has 0 bridgehead atoms. The Morgan fingerprint density at radius 3 is 2.84 bits per heavy atom. The molecule has 2 heterocycles. The van der Waals surface area contributed by atoms with E-state index in [4.69, 9.17) is 10.5 Å². The van der Waals surface area contributed by atoms with Crippen LogP contribution in [-0.2, 0) is 11.8 Å². The summed E-state index contributed by atoms with van der Waals surface area (Å²) in [6.07, 6.45) is 0. The second kappa shape index (κ2) is 4.56. The SMILES string of the molecule is CCOC(=O)c1cc2c(=O)[nH]c(=O)n(C)c2nc1N. The topological polar surface area (TPSA) is 120 Å². The molecule has 0 aliphatic rings. The Kier molecular flexibility index (Phi) is 3.07. The average molecular weight is 264 g/mol. The normalized spacial score (nSPS) is 10.6. The molecule has 2 aromatic heterocycles. The van der Waals surface area contributed by atoms with Crippen LogP contribution < -0.4 is 17.0 Å². The smallest absolute Gasteiger partial charge is 0.341 e. The fourth-order valence-electron chi connectivity index (χ4n) is 1.66. The highest BCUT2D eigenvalue weighted by Crippen LogP contribution is 2.15. The second-order valence-corrected chi connectivity index (χ2v) is 3.83. The first-order valence-electron chi connectivity index (χ1n) is 5.52. The van der Waals surface area contributed by atoms with Gasteiger partial charge in [0.2, 0.25) is 0 Å². The summed E-state index contributed by atoms with van der Waals surface area (Å²) in [4.78, 5) is 40.8. The lowest BCUT2D eigenvalue weighted by atomic mass is 10.2. The maximum absolute atomic E-state index is 11.7. The van der Waals surface area contributed by atoms with Gasteiger partial charge in [0, 0.05) is 7.05 Å². The number of aromatic amines is 1. The van der Waals surface area contributed by atoms with Gasteiger partial charge >= 0.3 is 11.7 Å². The third-order valence-electron chi connectivity index (χ3n) is 2.61. The van der Waals surface area contributed by atoms with E-state index >= 15 is 0 Å². The van der Waals surface area contributed by atoms with Crippen molar-refractivity contribution in [2.45, 2.75) is 6.92 Å². The Hall–Kier alpha value is -2.64. The van der Waals surface area contributed by atoms with E-state index in [2.05, 4.69) is 9.97 Å². The number of ether oxygens (including phenoxy) is 1. The molecule has 2 aromatic rings. The molecule has 3 N–H and O–H groups in total. The number of carbonyl (C=O) groups is 1. The van der Waals surface area contributed by atoms with E-state index in [1.807, 2.05) is 0 Å². The lowest BCUT2D eigenvalue weighted by molar-refractivity contribution is 0.0527. The lowest BCUT2D eigenvalue weighted by Crippen LogP contribution is -2.29. The molecule has 8 heteroatoms. The van der Waals surface area contributed by atoms with Crippen LogP contribution in [0.3, 0.4) is 0 Å². The molecule has 0 atom stereocenters. The number of H-pyrrole nitrogens is 1. The number of nitrogens with two attached hydrogens (primary N) is 1. The van der Waals surface area contributed by atoms with Gasteiger partial charge < -0.3 is 10.5 Å². The number of aromatic nitrogens is 3. The zero-order valence-corrected chi connectivity index (χ0v) is 10.4. The number of aryl methyl sites for hydroxylation is 1. The molecule has 8 nitrogen and oxygen atoms in total. The molecule has 100 valence electrons. The van der Waals surface area contributed by atoms with Crippen molar-refractivity contribution < 1.29 is 9.53 Å². The first-order valence-corrected chi connectivity index (χ1v) is 5.52. The zero-order valence-electron chi connectivity index (χ0n) is 10.4. The highest BCUT2D eigenvalue weighted by Gasteiger charge is 2.16. The maximum atomic E-state index is 11.7. The van der Waals surface area contributed by atoms with Gasteiger partial charge in [0.05, 0.1) is 12.0 Å². The number of nitrogens with zero attached hydrogens (tertiary/aromatic N) is 2. The standard InChI is InChI=1S/C11H12N4O4/c1-3-19-10(17)5-4-6-8(13-7(5)12)15(2)11(18)14-9(6)16/h4H,3H2,1-2H3,(H2,12,13)(H,14,16,18). The number of rotatable bonds is 2. The van der Waals surface area contributed by atoms with Crippen LogP contribution in [-0.4, -0.2) is 27.1 Å². The van der Waals surface area contributed by atoms with Crippen molar-refractivity contribution in [3.63, 3.8) is 0 Å². The third-order valence-corrected chi connectivity index (χ3v) is 2.61. The predicted molar refractivity (Wildman–Crippen MR) is 68.0 cm³/mol. The van der Waals surface area contributed by atoms with E-state index in [-0.39, 0.29) is 29.0 Å². The Balaban J connectivity index is 2.80. The Morgan fingerprint density at radius 1 is 1.53 bits per heavy atom. The average Bonchev–Trinajstić information content (AvgIpc) is 2.35. The van der Waals surface area contributed by atoms with E-state index in [1.165, 1.54) is 13.1 Å². The lowest BCUT2D eigenvalue weighted by Gasteiger charge is -2.08. The fraction of sp³-hybridized carbons (Fsp3) is 0.273. The van der Waals surface area contributed by atoms with Gasteiger partial charge in [-0.2, -0.15) is 0 Å². The summed E-state index contributed by atoms with van der Waals surface area (Å²) in [6.45, 7) is 1.83. The van der Waals surface area contributed by atoms with Gasteiger partial charge in [-0.25, -0.2) is 14.6 Å². The van der Waals surface area contributed by atoms with Crippen molar-refractivity contribution in [1.82, 2.24) is 14.5 Å². The molecule has 0 fully saturated rings. The van der Waals surface area contributed by atoms with Crippen molar-refractivity contribution in [3.05, 3.63) is 32.5 Å². The van der Waals surface area contributed by atoms with E-state index in [0.29, 0.717) is 0 Å². The van der Waals surface area contributed by atoms with Crippen molar-refractivity contribution >= 4 is 22.8 Å². The van der Waals surface area contributed by atoms with Crippen LogP contribution in [0.5, 0.6) is 0 Å². The molecule has 19 heavy (non-hydrogen) atoms. The van der Waals surface area contributed by atoms with Crippen LogP contribution in [0.1, 0.15) is 17.3 Å². The Bertz CT molecular complexity index is 775. The molecule has 0 aliphatic carbocycles.